The zero-order valence-electron chi connectivity index (χ0n) is 14.4. The molecule has 0 bridgehead atoms. The number of pyridine rings is 1. The lowest BCUT2D eigenvalue weighted by atomic mass is 10.1. The summed E-state index contributed by atoms with van der Waals surface area (Å²) in [5, 5.41) is 13.1. The minimum atomic E-state index is -0.210. The van der Waals surface area contributed by atoms with Gasteiger partial charge in [0.15, 0.2) is 5.69 Å². The van der Waals surface area contributed by atoms with Gasteiger partial charge in [0.2, 0.25) is 0 Å². The number of fused-ring (bicyclic) bond motifs is 1. The van der Waals surface area contributed by atoms with Crippen LogP contribution in [-0.2, 0) is 0 Å². The fourth-order valence-corrected chi connectivity index (χ4v) is 2.61. The van der Waals surface area contributed by atoms with Gasteiger partial charge in [-0.3, -0.25) is 9.78 Å². The number of aromatic nitrogens is 4. The van der Waals surface area contributed by atoms with Gasteiger partial charge in [-0.15, -0.1) is 29.9 Å². The van der Waals surface area contributed by atoms with Gasteiger partial charge in [-0.1, -0.05) is 17.3 Å². The molecule has 3 aromatic rings. The number of carbonyl (C=O) groups is 1. The van der Waals surface area contributed by atoms with E-state index in [0.29, 0.717) is 24.5 Å². The molecule has 0 aliphatic heterocycles. The second kappa shape index (κ2) is 10.1. The number of nitrogens with zero attached hydrogens (tertiary/aromatic N) is 4. The topological polar surface area (TPSA) is 98.7 Å². The lowest BCUT2D eigenvalue weighted by Crippen LogP contribution is -2.26. The lowest BCUT2D eigenvalue weighted by Gasteiger charge is -2.08. The molecule has 0 saturated heterocycles. The van der Waals surface area contributed by atoms with Crippen molar-refractivity contribution in [1.29, 1.82) is 0 Å². The van der Waals surface area contributed by atoms with Crippen molar-refractivity contribution in [1.82, 2.24) is 25.3 Å². The Morgan fingerprint density at radius 1 is 1.23 bits per heavy atom. The molecule has 0 aliphatic rings. The quantitative estimate of drug-likeness (QED) is 0.623. The van der Waals surface area contributed by atoms with Crippen molar-refractivity contribution in [3.8, 4) is 5.69 Å². The van der Waals surface area contributed by atoms with E-state index in [0.717, 1.165) is 29.3 Å². The monoisotopic (exact) mass is 396 g/mol. The Morgan fingerprint density at radius 3 is 2.81 bits per heavy atom. The molecule has 1 aromatic carbocycles. The van der Waals surface area contributed by atoms with Gasteiger partial charge in [0.05, 0.1) is 11.4 Å². The molecule has 7 nitrogen and oxygen atoms in total. The van der Waals surface area contributed by atoms with E-state index >= 15 is 0 Å². The van der Waals surface area contributed by atoms with Crippen LogP contribution in [0, 0.1) is 6.92 Å². The Balaban J connectivity index is 0.00000169. The van der Waals surface area contributed by atoms with E-state index < -0.39 is 0 Å². The summed E-state index contributed by atoms with van der Waals surface area (Å²) in [5.74, 6) is -0.210. The van der Waals surface area contributed by atoms with Crippen molar-refractivity contribution in [2.75, 3.05) is 13.1 Å². The molecule has 2 aromatic heterocycles. The van der Waals surface area contributed by atoms with Crippen LogP contribution in [0.1, 0.15) is 29.0 Å². The van der Waals surface area contributed by atoms with Crippen molar-refractivity contribution in [3.05, 3.63) is 48.0 Å². The number of hydrogen-bond acceptors (Lipinski definition) is 5. The minimum absolute atomic E-state index is 0. The molecule has 0 atom stereocenters. The first-order valence-electron chi connectivity index (χ1n) is 7.96. The Morgan fingerprint density at radius 2 is 2.04 bits per heavy atom. The molecule has 26 heavy (non-hydrogen) atoms. The first kappa shape index (κ1) is 21.8. The molecule has 2 heterocycles. The summed E-state index contributed by atoms with van der Waals surface area (Å²) < 4.78 is 1.69. The van der Waals surface area contributed by atoms with E-state index in [-0.39, 0.29) is 30.7 Å². The highest BCUT2D eigenvalue weighted by molar-refractivity contribution is 5.94. The molecule has 0 fully saturated rings. The number of nitrogens with two attached hydrogens (primary N) is 1. The standard InChI is InChI=1S/C17H20N6O.2ClH/c1-12-16(17(24)20-9-3-2-8-18)21-22-23(12)15-6-4-5-13-11-19-10-7-14(13)15;;/h4-7,10-11H,2-3,8-9,18H2,1H3,(H,20,24);2*1H. The van der Waals surface area contributed by atoms with Gasteiger partial charge in [0, 0.05) is 29.7 Å². The largest absolute Gasteiger partial charge is 0.351 e. The molecule has 0 aliphatic carbocycles. The van der Waals surface area contributed by atoms with Gasteiger partial charge >= 0.3 is 0 Å². The highest BCUT2D eigenvalue weighted by Crippen LogP contribution is 2.22. The van der Waals surface area contributed by atoms with E-state index in [4.69, 9.17) is 5.73 Å². The van der Waals surface area contributed by atoms with Crippen LogP contribution in [0.3, 0.4) is 0 Å². The van der Waals surface area contributed by atoms with Gasteiger partial charge in [-0.05, 0) is 38.4 Å². The average Bonchev–Trinajstić information content (AvgIpc) is 2.99. The van der Waals surface area contributed by atoms with E-state index in [1.165, 1.54) is 0 Å². The van der Waals surface area contributed by atoms with E-state index in [2.05, 4.69) is 20.6 Å². The fourth-order valence-electron chi connectivity index (χ4n) is 2.61. The summed E-state index contributed by atoms with van der Waals surface area (Å²) in [7, 11) is 0. The maximum absolute atomic E-state index is 12.3. The van der Waals surface area contributed by atoms with Crippen molar-refractivity contribution in [2.45, 2.75) is 19.8 Å². The Kier molecular flexibility index (Phi) is 8.44. The summed E-state index contributed by atoms with van der Waals surface area (Å²) in [5.41, 5.74) is 7.37. The van der Waals surface area contributed by atoms with Crippen molar-refractivity contribution < 1.29 is 4.79 Å². The summed E-state index contributed by atoms with van der Waals surface area (Å²) in [4.78, 5) is 16.4. The van der Waals surface area contributed by atoms with E-state index in [1.807, 2.05) is 31.2 Å². The molecule has 3 N–H and O–H groups in total. The highest BCUT2D eigenvalue weighted by Gasteiger charge is 2.17. The summed E-state index contributed by atoms with van der Waals surface area (Å²) in [6.45, 7) is 3.05. The van der Waals surface area contributed by atoms with Gasteiger partial charge in [-0.25, -0.2) is 4.68 Å². The number of hydrogen-bond donors (Lipinski definition) is 2. The third kappa shape index (κ3) is 4.49. The second-order valence-electron chi connectivity index (χ2n) is 5.56. The van der Waals surface area contributed by atoms with Crippen LogP contribution >= 0.6 is 24.8 Å². The molecule has 9 heteroatoms. The number of amides is 1. The number of carbonyl (C=O) groups excluding carboxylic acids is 1. The van der Waals surface area contributed by atoms with Gasteiger partial charge in [-0.2, -0.15) is 0 Å². The van der Waals surface area contributed by atoms with Crippen LogP contribution < -0.4 is 11.1 Å². The second-order valence-corrected chi connectivity index (χ2v) is 5.56. The molecular formula is C17H22Cl2N6O. The minimum Gasteiger partial charge on any atom is -0.351 e. The Labute approximate surface area is 164 Å². The number of rotatable bonds is 6. The summed E-state index contributed by atoms with van der Waals surface area (Å²) in [6, 6.07) is 7.81. The number of halogens is 2. The first-order valence-corrected chi connectivity index (χ1v) is 7.96. The number of benzene rings is 1. The van der Waals surface area contributed by atoms with Crippen LogP contribution in [0.15, 0.2) is 36.7 Å². The molecule has 0 spiro atoms. The van der Waals surface area contributed by atoms with E-state index in [9.17, 15) is 4.79 Å². The number of unbranched alkanes of at least 4 members (excludes halogenated alkanes) is 1. The molecule has 140 valence electrons. The molecule has 0 radical (unpaired) electrons. The first-order chi connectivity index (χ1) is 11.7. The SMILES string of the molecule is Cc1c(C(=O)NCCCCN)nnn1-c1cccc2cnccc12.Cl.Cl. The normalized spacial score (nSPS) is 10.1. The summed E-state index contributed by atoms with van der Waals surface area (Å²) >= 11 is 0. The third-order valence-corrected chi connectivity index (χ3v) is 3.91. The van der Waals surface area contributed by atoms with Crippen molar-refractivity contribution >= 4 is 41.5 Å². The zero-order valence-corrected chi connectivity index (χ0v) is 16.0. The van der Waals surface area contributed by atoms with Crippen LogP contribution in [-0.4, -0.2) is 39.0 Å². The predicted molar refractivity (Wildman–Crippen MR) is 107 cm³/mol. The summed E-state index contributed by atoms with van der Waals surface area (Å²) in [6.07, 6.45) is 5.28. The molecular weight excluding hydrogens is 375 g/mol. The molecule has 0 unspecified atom stereocenters. The van der Waals surface area contributed by atoms with Gasteiger partial charge < -0.3 is 11.1 Å². The van der Waals surface area contributed by atoms with Crippen molar-refractivity contribution in [2.24, 2.45) is 5.73 Å². The maximum atomic E-state index is 12.3. The zero-order chi connectivity index (χ0) is 16.9. The maximum Gasteiger partial charge on any atom is 0.273 e. The van der Waals surface area contributed by atoms with Crippen LogP contribution in [0.4, 0.5) is 0 Å². The molecule has 0 saturated carbocycles. The Hall–Kier alpha value is -2.22. The smallest absolute Gasteiger partial charge is 0.273 e. The fraction of sp³-hybridized carbons (Fsp3) is 0.294. The van der Waals surface area contributed by atoms with Crippen molar-refractivity contribution in [3.63, 3.8) is 0 Å². The average molecular weight is 397 g/mol. The third-order valence-electron chi connectivity index (χ3n) is 3.91. The predicted octanol–water partition coefficient (Wildman–Crippen LogP) is 2.44. The van der Waals surface area contributed by atoms with Crippen LogP contribution in [0.25, 0.3) is 16.5 Å². The van der Waals surface area contributed by atoms with Crippen LogP contribution in [0.5, 0.6) is 0 Å². The number of nitrogens with one attached hydrogen (secondary N) is 1. The van der Waals surface area contributed by atoms with E-state index in [1.54, 1.807) is 17.1 Å². The Bertz CT molecular complexity index is 862. The molecule has 3 rings (SSSR count). The van der Waals surface area contributed by atoms with Crippen LogP contribution in [0.2, 0.25) is 0 Å². The lowest BCUT2D eigenvalue weighted by molar-refractivity contribution is 0.0947. The van der Waals surface area contributed by atoms with Gasteiger partial charge in [0.1, 0.15) is 0 Å². The highest BCUT2D eigenvalue weighted by atomic mass is 35.5. The van der Waals surface area contributed by atoms with Gasteiger partial charge in [0.25, 0.3) is 5.91 Å². The molecule has 1 amide bonds.